The van der Waals surface area contributed by atoms with Gasteiger partial charge in [-0.3, -0.25) is 4.90 Å². The smallest absolute Gasteiger partial charge is 0.124 e. The molecule has 1 aromatic carbocycles. The van der Waals surface area contributed by atoms with Crippen molar-refractivity contribution in [3.8, 4) is 5.75 Å². The first-order valence-electron chi connectivity index (χ1n) is 7.90. The van der Waals surface area contributed by atoms with Crippen molar-refractivity contribution in [1.82, 2.24) is 10.2 Å². The summed E-state index contributed by atoms with van der Waals surface area (Å²) in [5.41, 5.74) is 1.26. The zero-order chi connectivity index (χ0) is 15.2. The highest BCUT2D eigenvalue weighted by Gasteiger charge is 2.32. The number of nitrogens with one attached hydrogen (secondary N) is 1. The summed E-state index contributed by atoms with van der Waals surface area (Å²) in [6.07, 6.45) is 0.284. The minimum absolute atomic E-state index is 0.284. The van der Waals surface area contributed by atoms with E-state index in [1.807, 2.05) is 6.07 Å². The van der Waals surface area contributed by atoms with Crippen LogP contribution in [0.15, 0.2) is 24.3 Å². The van der Waals surface area contributed by atoms with E-state index in [9.17, 15) is 0 Å². The van der Waals surface area contributed by atoms with Gasteiger partial charge in [0.15, 0.2) is 0 Å². The Balaban J connectivity index is 2.05. The van der Waals surface area contributed by atoms with Crippen molar-refractivity contribution in [3.63, 3.8) is 0 Å². The molecule has 0 saturated heterocycles. The summed E-state index contributed by atoms with van der Waals surface area (Å²) in [4.78, 5) is 2.34. The van der Waals surface area contributed by atoms with Gasteiger partial charge >= 0.3 is 0 Å². The van der Waals surface area contributed by atoms with E-state index >= 15 is 0 Å². The lowest BCUT2D eigenvalue weighted by Gasteiger charge is -2.39. The number of nitrogens with zero attached hydrogens (tertiary/aromatic N) is 1. The van der Waals surface area contributed by atoms with Gasteiger partial charge in [0.2, 0.25) is 0 Å². The highest BCUT2D eigenvalue weighted by Crippen LogP contribution is 2.33. The zero-order valence-electron chi connectivity index (χ0n) is 13.6. The second-order valence-corrected chi connectivity index (χ2v) is 5.85. The van der Waals surface area contributed by atoms with Gasteiger partial charge in [0.25, 0.3) is 0 Å². The van der Waals surface area contributed by atoms with Crippen molar-refractivity contribution in [2.24, 2.45) is 0 Å². The summed E-state index contributed by atoms with van der Waals surface area (Å²) in [7, 11) is 2.15. The van der Waals surface area contributed by atoms with Crippen molar-refractivity contribution >= 4 is 0 Å². The first-order chi connectivity index (χ1) is 10.1. The number of fused-ring (bicyclic) bond motifs is 1. The van der Waals surface area contributed by atoms with Gasteiger partial charge in [0.1, 0.15) is 12.4 Å². The predicted molar refractivity (Wildman–Crippen MR) is 85.9 cm³/mol. The van der Waals surface area contributed by atoms with E-state index < -0.39 is 0 Å². The topological polar surface area (TPSA) is 33.7 Å². The number of hydrogen-bond acceptors (Lipinski definition) is 4. The van der Waals surface area contributed by atoms with Crippen LogP contribution < -0.4 is 10.1 Å². The van der Waals surface area contributed by atoms with Crippen molar-refractivity contribution in [3.05, 3.63) is 29.8 Å². The van der Waals surface area contributed by atoms with Crippen LogP contribution in [0.1, 0.15) is 32.4 Å². The number of para-hydroxylation sites is 1. The van der Waals surface area contributed by atoms with E-state index in [4.69, 9.17) is 9.47 Å². The molecule has 0 saturated carbocycles. The fraction of sp³-hybridized carbons (Fsp3) is 0.647. The third-order valence-electron chi connectivity index (χ3n) is 3.93. The van der Waals surface area contributed by atoms with Gasteiger partial charge in [-0.15, -0.1) is 0 Å². The van der Waals surface area contributed by atoms with Crippen LogP contribution >= 0.6 is 0 Å². The van der Waals surface area contributed by atoms with Crippen LogP contribution in [-0.4, -0.2) is 50.4 Å². The quantitative estimate of drug-likeness (QED) is 0.837. The van der Waals surface area contributed by atoms with Gasteiger partial charge in [0.05, 0.1) is 24.8 Å². The van der Waals surface area contributed by atoms with Gasteiger partial charge in [-0.25, -0.2) is 0 Å². The molecule has 2 unspecified atom stereocenters. The molecule has 2 atom stereocenters. The van der Waals surface area contributed by atoms with Crippen LogP contribution in [0.2, 0.25) is 0 Å². The molecule has 0 aliphatic carbocycles. The lowest BCUT2D eigenvalue weighted by Crippen LogP contribution is -2.49. The number of rotatable bonds is 7. The number of benzene rings is 1. The Morgan fingerprint density at radius 3 is 2.86 bits per heavy atom. The van der Waals surface area contributed by atoms with Crippen molar-refractivity contribution in [2.75, 3.05) is 33.4 Å². The van der Waals surface area contributed by atoms with Crippen LogP contribution in [0.4, 0.5) is 0 Å². The Kier molecular flexibility index (Phi) is 6.03. The summed E-state index contributed by atoms with van der Waals surface area (Å²) in [5.74, 6) is 1.01. The van der Waals surface area contributed by atoms with Gasteiger partial charge in [-0.1, -0.05) is 25.1 Å². The van der Waals surface area contributed by atoms with Gasteiger partial charge in [-0.2, -0.15) is 0 Å². The van der Waals surface area contributed by atoms with Gasteiger partial charge < -0.3 is 14.8 Å². The van der Waals surface area contributed by atoms with Gasteiger partial charge in [0, 0.05) is 12.1 Å². The van der Waals surface area contributed by atoms with E-state index in [1.165, 1.54) is 5.56 Å². The number of ether oxygens (including phenoxy) is 2. The Labute approximate surface area is 128 Å². The summed E-state index contributed by atoms with van der Waals surface area (Å²) >= 11 is 0. The molecule has 0 radical (unpaired) electrons. The molecule has 1 aliphatic rings. The zero-order valence-corrected chi connectivity index (χ0v) is 13.6. The molecule has 0 fully saturated rings. The van der Waals surface area contributed by atoms with E-state index in [2.05, 4.69) is 56.2 Å². The molecule has 1 N–H and O–H groups in total. The molecule has 4 nitrogen and oxygen atoms in total. The molecule has 4 heteroatoms. The highest BCUT2D eigenvalue weighted by molar-refractivity contribution is 5.38. The van der Waals surface area contributed by atoms with Crippen LogP contribution in [0.5, 0.6) is 5.75 Å². The van der Waals surface area contributed by atoms with Crippen LogP contribution in [0, 0.1) is 0 Å². The lowest BCUT2D eigenvalue weighted by molar-refractivity contribution is 0.0381. The second kappa shape index (κ2) is 7.78. The summed E-state index contributed by atoms with van der Waals surface area (Å²) in [5, 5.41) is 3.61. The largest absolute Gasteiger partial charge is 0.492 e. The van der Waals surface area contributed by atoms with E-state index in [-0.39, 0.29) is 6.10 Å². The minimum atomic E-state index is 0.284. The molecule has 0 spiro atoms. The molecular formula is C17H28N2O2. The Bertz CT molecular complexity index is 437. The third-order valence-corrected chi connectivity index (χ3v) is 3.93. The highest BCUT2D eigenvalue weighted by atomic mass is 16.5. The fourth-order valence-electron chi connectivity index (χ4n) is 2.79. The molecule has 0 bridgehead atoms. The molecule has 1 heterocycles. The standard InChI is InChI=1S/C17H28N2O2/c1-5-18-17-14-8-6-7-9-16(14)21-12-15(17)19(4)10-11-20-13(2)3/h6-9,13,15,17-18H,5,10-12H2,1-4H3. The number of likely N-dealkylation sites (N-methyl/N-ethyl adjacent to an activating group) is 2. The molecule has 2 rings (SSSR count). The third kappa shape index (κ3) is 4.19. The molecule has 1 aliphatic heterocycles. The van der Waals surface area contributed by atoms with Crippen LogP contribution in [-0.2, 0) is 4.74 Å². The maximum atomic E-state index is 5.94. The first kappa shape index (κ1) is 16.3. The average molecular weight is 292 g/mol. The normalized spacial score (nSPS) is 21.4. The predicted octanol–water partition coefficient (Wildman–Crippen LogP) is 2.46. The van der Waals surface area contributed by atoms with Crippen molar-refractivity contribution in [1.29, 1.82) is 0 Å². The van der Waals surface area contributed by atoms with Crippen LogP contribution in [0.3, 0.4) is 0 Å². The van der Waals surface area contributed by atoms with Gasteiger partial charge in [-0.05, 0) is 33.5 Å². The summed E-state index contributed by atoms with van der Waals surface area (Å²) in [6.45, 7) is 9.62. The molecule has 21 heavy (non-hydrogen) atoms. The number of hydrogen-bond donors (Lipinski definition) is 1. The van der Waals surface area contributed by atoms with E-state index in [0.29, 0.717) is 18.7 Å². The fourth-order valence-corrected chi connectivity index (χ4v) is 2.79. The average Bonchev–Trinajstić information content (AvgIpc) is 2.47. The molecular weight excluding hydrogens is 264 g/mol. The molecule has 0 amide bonds. The maximum Gasteiger partial charge on any atom is 0.124 e. The maximum absolute atomic E-state index is 5.94. The Morgan fingerprint density at radius 1 is 1.38 bits per heavy atom. The minimum Gasteiger partial charge on any atom is -0.492 e. The lowest BCUT2D eigenvalue weighted by atomic mass is 9.95. The first-order valence-corrected chi connectivity index (χ1v) is 7.90. The Morgan fingerprint density at radius 2 is 2.14 bits per heavy atom. The molecule has 0 aromatic heterocycles. The second-order valence-electron chi connectivity index (χ2n) is 5.85. The molecule has 118 valence electrons. The summed E-state index contributed by atoms with van der Waals surface area (Å²) < 4.78 is 11.6. The van der Waals surface area contributed by atoms with E-state index in [1.54, 1.807) is 0 Å². The van der Waals surface area contributed by atoms with Crippen LogP contribution in [0.25, 0.3) is 0 Å². The summed E-state index contributed by atoms with van der Waals surface area (Å²) in [6, 6.07) is 8.96. The van der Waals surface area contributed by atoms with Crippen molar-refractivity contribution < 1.29 is 9.47 Å². The SMILES string of the molecule is CCNC1c2ccccc2OCC1N(C)CCOC(C)C. The monoisotopic (exact) mass is 292 g/mol. The van der Waals surface area contributed by atoms with Crippen molar-refractivity contribution in [2.45, 2.75) is 39.0 Å². The molecule has 1 aromatic rings. The van der Waals surface area contributed by atoms with E-state index in [0.717, 1.165) is 25.4 Å². The Hall–Kier alpha value is -1.10.